The standard InChI is InChI=1S/C13H11N5O2/c19-18(20)10-1-2-11-12(7-10)17-13(16-11)15-8-9-3-5-14-6-4-9/h1-7H,8H2,(H2,15,16,17). The first-order valence-corrected chi connectivity index (χ1v) is 5.99. The molecule has 0 saturated carbocycles. The van der Waals surface area contributed by atoms with Crippen molar-refractivity contribution >= 4 is 22.7 Å². The van der Waals surface area contributed by atoms with Gasteiger partial charge in [-0.25, -0.2) is 4.98 Å². The minimum absolute atomic E-state index is 0.0434. The molecule has 2 heterocycles. The van der Waals surface area contributed by atoms with Crippen LogP contribution in [0.5, 0.6) is 0 Å². The first kappa shape index (κ1) is 12.1. The van der Waals surface area contributed by atoms with Crippen LogP contribution in [0.4, 0.5) is 11.6 Å². The topological polar surface area (TPSA) is 96.7 Å². The van der Waals surface area contributed by atoms with Gasteiger partial charge in [0.2, 0.25) is 5.95 Å². The van der Waals surface area contributed by atoms with Crippen molar-refractivity contribution < 1.29 is 4.92 Å². The van der Waals surface area contributed by atoms with E-state index in [-0.39, 0.29) is 5.69 Å². The van der Waals surface area contributed by atoms with Gasteiger partial charge in [0, 0.05) is 31.1 Å². The molecule has 0 aliphatic heterocycles. The number of H-pyrrole nitrogens is 1. The fraction of sp³-hybridized carbons (Fsp3) is 0.0769. The van der Waals surface area contributed by atoms with Crippen LogP contribution in [0.1, 0.15) is 5.56 Å². The lowest BCUT2D eigenvalue weighted by Gasteiger charge is -2.01. The molecule has 7 nitrogen and oxygen atoms in total. The number of nitrogens with one attached hydrogen (secondary N) is 2. The van der Waals surface area contributed by atoms with Crippen molar-refractivity contribution in [1.82, 2.24) is 15.0 Å². The Morgan fingerprint density at radius 1 is 1.25 bits per heavy atom. The largest absolute Gasteiger partial charge is 0.352 e. The molecule has 1 aromatic carbocycles. The highest BCUT2D eigenvalue weighted by molar-refractivity contribution is 5.79. The van der Waals surface area contributed by atoms with E-state index in [0.717, 1.165) is 5.56 Å². The van der Waals surface area contributed by atoms with Crippen LogP contribution < -0.4 is 5.32 Å². The molecular formula is C13H11N5O2. The molecule has 2 N–H and O–H groups in total. The number of anilines is 1. The molecule has 3 rings (SSSR count). The van der Waals surface area contributed by atoms with Crippen LogP contribution in [0.15, 0.2) is 42.7 Å². The molecule has 0 spiro atoms. The van der Waals surface area contributed by atoms with E-state index >= 15 is 0 Å². The van der Waals surface area contributed by atoms with Gasteiger partial charge in [0.1, 0.15) is 0 Å². The molecule has 0 radical (unpaired) electrons. The highest BCUT2D eigenvalue weighted by Crippen LogP contribution is 2.20. The number of aromatic amines is 1. The van der Waals surface area contributed by atoms with E-state index in [0.29, 0.717) is 23.5 Å². The van der Waals surface area contributed by atoms with Gasteiger partial charge >= 0.3 is 0 Å². The normalized spacial score (nSPS) is 10.6. The number of rotatable bonds is 4. The number of non-ortho nitro benzene ring substituents is 1. The van der Waals surface area contributed by atoms with Gasteiger partial charge in [-0.2, -0.15) is 0 Å². The minimum Gasteiger partial charge on any atom is -0.352 e. The van der Waals surface area contributed by atoms with Crippen molar-refractivity contribution in [3.05, 3.63) is 58.4 Å². The number of benzene rings is 1. The highest BCUT2D eigenvalue weighted by Gasteiger charge is 2.09. The first-order chi connectivity index (χ1) is 9.72. The number of nitrogens with zero attached hydrogens (tertiary/aromatic N) is 3. The zero-order valence-electron chi connectivity index (χ0n) is 10.4. The maximum Gasteiger partial charge on any atom is 0.271 e. The SMILES string of the molecule is O=[N+]([O-])c1ccc2nc(NCc3ccncc3)[nH]c2c1. The van der Waals surface area contributed by atoms with Crippen LogP contribution in [-0.4, -0.2) is 19.9 Å². The van der Waals surface area contributed by atoms with Gasteiger partial charge < -0.3 is 10.3 Å². The van der Waals surface area contributed by atoms with E-state index in [9.17, 15) is 10.1 Å². The van der Waals surface area contributed by atoms with Crippen molar-refractivity contribution in [2.45, 2.75) is 6.54 Å². The predicted molar refractivity (Wildman–Crippen MR) is 74.3 cm³/mol. The molecule has 7 heteroatoms. The summed E-state index contributed by atoms with van der Waals surface area (Å²) < 4.78 is 0. The number of imidazole rings is 1. The van der Waals surface area contributed by atoms with E-state index in [2.05, 4.69) is 20.3 Å². The number of pyridine rings is 1. The van der Waals surface area contributed by atoms with Gasteiger partial charge in [-0.15, -0.1) is 0 Å². The lowest BCUT2D eigenvalue weighted by atomic mass is 10.3. The average Bonchev–Trinajstić information content (AvgIpc) is 2.88. The first-order valence-electron chi connectivity index (χ1n) is 5.99. The Morgan fingerprint density at radius 2 is 2.05 bits per heavy atom. The van der Waals surface area contributed by atoms with Crippen molar-refractivity contribution in [3.63, 3.8) is 0 Å². The zero-order chi connectivity index (χ0) is 13.9. The summed E-state index contributed by atoms with van der Waals surface area (Å²) in [5.74, 6) is 0.581. The molecular weight excluding hydrogens is 258 g/mol. The Morgan fingerprint density at radius 3 is 2.80 bits per heavy atom. The molecule has 0 amide bonds. The minimum atomic E-state index is -0.426. The smallest absolute Gasteiger partial charge is 0.271 e. The predicted octanol–water partition coefficient (Wildman–Crippen LogP) is 2.48. The summed E-state index contributed by atoms with van der Waals surface area (Å²) in [5, 5.41) is 13.8. The fourth-order valence-electron chi connectivity index (χ4n) is 1.88. The van der Waals surface area contributed by atoms with Crippen molar-refractivity contribution in [2.75, 3.05) is 5.32 Å². The third-order valence-electron chi connectivity index (χ3n) is 2.89. The molecule has 2 aromatic heterocycles. The van der Waals surface area contributed by atoms with E-state index in [1.807, 2.05) is 12.1 Å². The third kappa shape index (κ3) is 2.41. The van der Waals surface area contributed by atoms with Gasteiger partial charge in [-0.1, -0.05) is 0 Å². The summed E-state index contributed by atoms with van der Waals surface area (Å²) in [6.07, 6.45) is 3.44. The number of fused-ring (bicyclic) bond motifs is 1. The maximum atomic E-state index is 10.7. The molecule has 0 saturated heterocycles. The van der Waals surface area contributed by atoms with E-state index in [1.165, 1.54) is 12.1 Å². The summed E-state index contributed by atoms with van der Waals surface area (Å²) >= 11 is 0. The van der Waals surface area contributed by atoms with Crippen LogP contribution in [0.2, 0.25) is 0 Å². The monoisotopic (exact) mass is 269 g/mol. The fourth-order valence-corrected chi connectivity index (χ4v) is 1.88. The highest BCUT2D eigenvalue weighted by atomic mass is 16.6. The van der Waals surface area contributed by atoms with Crippen LogP contribution in [-0.2, 0) is 6.54 Å². The Bertz CT molecular complexity index is 754. The van der Waals surface area contributed by atoms with Gasteiger partial charge in [-0.05, 0) is 23.8 Å². The molecule has 0 fully saturated rings. The lowest BCUT2D eigenvalue weighted by molar-refractivity contribution is -0.384. The lowest BCUT2D eigenvalue weighted by Crippen LogP contribution is -2.00. The van der Waals surface area contributed by atoms with Crippen molar-refractivity contribution in [2.24, 2.45) is 0 Å². The molecule has 0 bridgehead atoms. The van der Waals surface area contributed by atoms with Gasteiger partial charge in [-0.3, -0.25) is 15.1 Å². The van der Waals surface area contributed by atoms with Gasteiger partial charge in [0.15, 0.2) is 0 Å². The number of nitro groups is 1. The third-order valence-corrected chi connectivity index (χ3v) is 2.89. The second-order valence-corrected chi connectivity index (χ2v) is 4.25. The van der Waals surface area contributed by atoms with E-state index < -0.39 is 4.92 Å². The summed E-state index contributed by atoms with van der Waals surface area (Å²) in [6.45, 7) is 0.602. The van der Waals surface area contributed by atoms with Gasteiger partial charge in [0.25, 0.3) is 5.69 Å². The summed E-state index contributed by atoms with van der Waals surface area (Å²) in [6, 6.07) is 8.35. The molecule has 20 heavy (non-hydrogen) atoms. The number of hydrogen-bond donors (Lipinski definition) is 2. The summed E-state index contributed by atoms with van der Waals surface area (Å²) in [5.41, 5.74) is 2.44. The van der Waals surface area contributed by atoms with Crippen molar-refractivity contribution in [1.29, 1.82) is 0 Å². The summed E-state index contributed by atoms with van der Waals surface area (Å²) in [7, 11) is 0. The second kappa shape index (κ2) is 4.96. The van der Waals surface area contributed by atoms with Crippen LogP contribution >= 0.6 is 0 Å². The molecule has 0 aliphatic carbocycles. The number of nitro benzene ring substituents is 1. The van der Waals surface area contributed by atoms with E-state index in [4.69, 9.17) is 0 Å². The quantitative estimate of drug-likeness (QED) is 0.560. The van der Waals surface area contributed by atoms with Crippen LogP contribution in [0.3, 0.4) is 0 Å². The molecule has 0 unspecified atom stereocenters. The Kier molecular flexibility index (Phi) is 3.00. The Hall–Kier alpha value is -2.96. The number of aromatic nitrogens is 3. The average molecular weight is 269 g/mol. The second-order valence-electron chi connectivity index (χ2n) is 4.25. The number of hydrogen-bond acceptors (Lipinski definition) is 5. The molecule has 3 aromatic rings. The maximum absolute atomic E-state index is 10.7. The van der Waals surface area contributed by atoms with Crippen LogP contribution in [0.25, 0.3) is 11.0 Å². The van der Waals surface area contributed by atoms with Crippen molar-refractivity contribution in [3.8, 4) is 0 Å². The van der Waals surface area contributed by atoms with Gasteiger partial charge in [0.05, 0.1) is 16.0 Å². The summed E-state index contributed by atoms with van der Waals surface area (Å²) in [4.78, 5) is 21.6. The molecule has 100 valence electrons. The van der Waals surface area contributed by atoms with Crippen LogP contribution in [0, 0.1) is 10.1 Å². The Labute approximate surface area is 113 Å². The van der Waals surface area contributed by atoms with E-state index in [1.54, 1.807) is 18.5 Å². The zero-order valence-corrected chi connectivity index (χ0v) is 10.4. The molecule has 0 atom stereocenters. The Balaban J connectivity index is 1.80. The molecule has 0 aliphatic rings.